The molecule has 6 heteroatoms. The molecule has 0 bridgehead atoms. The Labute approximate surface area is 148 Å². The topological polar surface area (TPSA) is 70.1 Å². The lowest BCUT2D eigenvalue weighted by atomic mass is 9.71. The maximum atomic E-state index is 13.1. The Bertz CT molecular complexity index is 685. The van der Waals surface area contributed by atoms with Crippen LogP contribution < -0.4 is 5.73 Å². The second-order valence-electron chi connectivity index (χ2n) is 8.17. The van der Waals surface area contributed by atoms with Gasteiger partial charge < -0.3 is 10.5 Å². The van der Waals surface area contributed by atoms with Gasteiger partial charge in [-0.2, -0.15) is 5.10 Å². The zero-order valence-corrected chi connectivity index (χ0v) is 15.6. The van der Waals surface area contributed by atoms with E-state index in [-0.39, 0.29) is 23.4 Å². The summed E-state index contributed by atoms with van der Waals surface area (Å²) in [6.45, 7) is 9.79. The highest BCUT2D eigenvalue weighted by molar-refractivity contribution is 5.82. The Morgan fingerprint density at radius 2 is 2.16 bits per heavy atom. The average molecular weight is 349 g/mol. The van der Waals surface area contributed by atoms with Crippen molar-refractivity contribution in [3.8, 4) is 0 Å². The van der Waals surface area contributed by atoms with Crippen LogP contribution in [0.3, 0.4) is 0 Å². The van der Waals surface area contributed by atoms with Crippen molar-refractivity contribution in [3.05, 3.63) is 36.4 Å². The van der Waals surface area contributed by atoms with Crippen molar-refractivity contribution in [2.75, 3.05) is 0 Å². The predicted octanol–water partition coefficient (Wildman–Crippen LogP) is 3.52. The Kier molecular flexibility index (Phi) is 5.52. The number of aromatic nitrogens is 2. The second-order valence-corrected chi connectivity index (χ2v) is 8.17. The molecule has 25 heavy (non-hydrogen) atoms. The Hall–Kier alpha value is -1.95. The van der Waals surface area contributed by atoms with E-state index in [0.29, 0.717) is 12.8 Å². The van der Waals surface area contributed by atoms with Gasteiger partial charge in [0.25, 0.3) is 0 Å². The number of hydrogen-bond acceptors (Lipinski definition) is 4. The molecule has 1 heterocycles. The molecule has 1 aliphatic carbocycles. The standard InChI is InChI=1S/C19H28FN3O2/c1-13(2)25-17(24)19(21,12-18(3,4)5)14-6-8-16(9-7-14)23-11-15(20)10-22-23/h6,8-11,13-14H,7,12,21H2,1-5H3/t14?,19-/m1/s1. The van der Waals surface area contributed by atoms with Crippen LogP contribution in [0.5, 0.6) is 0 Å². The first kappa shape index (κ1) is 19.4. The van der Waals surface area contributed by atoms with Crippen LogP contribution in [0.2, 0.25) is 0 Å². The third-order valence-electron chi connectivity index (χ3n) is 4.10. The van der Waals surface area contributed by atoms with Gasteiger partial charge in [0.2, 0.25) is 0 Å². The van der Waals surface area contributed by atoms with E-state index in [9.17, 15) is 9.18 Å². The number of rotatable bonds is 5. The fourth-order valence-corrected chi connectivity index (χ4v) is 3.16. The second kappa shape index (κ2) is 7.12. The maximum Gasteiger partial charge on any atom is 0.327 e. The largest absolute Gasteiger partial charge is 0.462 e. The molecule has 0 saturated heterocycles. The van der Waals surface area contributed by atoms with Crippen LogP contribution in [0.4, 0.5) is 4.39 Å². The molecule has 2 atom stereocenters. The Balaban J connectivity index is 2.23. The molecule has 0 radical (unpaired) electrons. The van der Waals surface area contributed by atoms with Crippen LogP contribution in [0.15, 0.2) is 30.6 Å². The first-order valence-electron chi connectivity index (χ1n) is 8.60. The van der Waals surface area contributed by atoms with Gasteiger partial charge in [-0.05, 0) is 38.2 Å². The van der Waals surface area contributed by atoms with Crippen molar-refractivity contribution in [2.45, 2.75) is 59.1 Å². The van der Waals surface area contributed by atoms with Gasteiger partial charge in [0.05, 0.1) is 24.2 Å². The third-order valence-corrected chi connectivity index (χ3v) is 4.10. The molecule has 0 spiro atoms. The minimum absolute atomic E-state index is 0.131. The van der Waals surface area contributed by atoms with E-state index < -0.39 is 11.4 Å². The number of halogens is 1. The molecule has 0 saturated carbocycles. The number of nitrogens with two attached hydrogens (primary N) is 1. The smallest absolute Gasteiger partial charge is 0.327 e. The van der Waals surface area contributed by atoms with Crippen molar-refractivity contribution >= 4 is 11.7 Å². The van der Waals surface area contributed by atoms with Crippen molar-refractivity contribution in [2.24, 2.45) is 17.1 Å². The fraction of sp³-hybridized carbons (Fsp3) is 0.579. The summed E-state index contributed by atoms with van der Waals surface area (Å²) < 4.78 is 20.1. The summed E-state index contributed by atoms with van der Waals surface area (Å²) in [4.78, 5) is 12.7. The van der Waals surface area contributed by atoms with Crippen LogP contribution in [0.25, 0.3) is 5.70 Å². The highest BCUT2D eigenvalue weighted by Crippen LogP contribution is 2.36. The van der Waals surface area contributed by atoms with Crippen molar-refractivity contribution in [3.63, 3.8) is 0 Å². The van der Waals surface area contributed by atoms with Gasteiger partial charge >= 0.3 is 5.97 Å². The zero-order valence-electron chi connectivity index (χ0n) is 15.6. The fourth-order valence-electron chi connectivity index (χ4n) is 3.16. The van der Waals surface area contributed by atoms with E-state index in [4.69, 9.17) is 10.5 Å². The lowest BCUT2D eigenvalue weighted by Crippen LogP contribution is -2.57. The molecule has 0 amide bonds. The molecule has 1 aromatic rings. The van der Waals surface area contributed by atoms with E-state index in [1.807, 2.05) is 32.1 Å². The van der Waals surface area contributed by atoms with Crippen molar-refractivity contribution in [1.29, 1.82) is 0 Å². The summed E-state index contributed by atoms with van der Waals surface area (Å²) in [6.07, 6.45) is 8.97. The van der Waals surface area contributed by atoms with Gasteiger partial charge in [0.15, 0.2) is 5.82 Å². The molecule has 0 aliphatic heterocycles. The van der Waals surface area contributed by atoms with Crippen LogP contribution in [0.1, 0.15) is 47.5 Å². The Morgan fingerprint density at radius 1 is 1.48 bits per heavy atom. The first-order chi connectivity index (χ1) is 11.5. The van der Waals surface area contributed by atoms with E-state index in [1.165, 1.54) is 10.9 Å². The Morgan fingerprint density at radius 3 is 2.60 bits per heavy atom. The summed E-state index contributed by atoms with van der Waals surface area (Å²) in [5, 5.41) is 3.96. The number of ether oxygens (including phenoxy) is 1. The lowest BCUT2D eigenvalue weighted by molar-refractivity contribution is -0.157. The number of allylic oxidation sites excluding steroid dienone is 3. The summed E-state index contributed by atoms with van der Waals surface area (Å²) in [5.41, 5.74) is 6.12. The minimum Gasteiger partial charge on any atom is -0.462 e. The molecule has 0 aromatic carbocycles. The van der Waals surface area contributed by atoms with Gasteiger partial charge in [-0.1, -0.05) is 32.9 Å². The number of carbonyl (C=O) groups is 1. The molecule has 2 N–H and O–H groups in total. The van der Waals surface area contributed by atoms with E-state index in [1.54, 1.807) is 0 Å². The normalized spacial score (nSPS) is 20.3. The molecule has 1 unspecified atom stereocenters. The number of hydrogen-bond donors (Lipinski definition) is 1. The summed E-state index contributed by atoms with van der Waals surface area (Å²) >= 11 is 0. The monoisotopic (exact) mass is 349 g/mol. The summed E-state index contributed by atoms with van der Waals surface area (Å²) in [6, 6.07) is 0. The summed E-state index contributed by atoms with van der Waals surface area (Å²) in [5.74, 6) is -0.964. The molecule has 5 nitrogen and oxygen atoms in total. The van der Waals surface area contributed by atoms with Gasteiger partial charge in [0, 0.05) is 5.92 Å². The molecule has 0 fully saturated rings. The molecular formula is C19H28FN3O2. The molecule has 1 aromatic heterocycles. The van der Waals surface area contributed by atoms with Gasteiger partial charge in [-0.15, -0.1) is 0 Å². The van der Waals surface area contributed by atoms with Gasteiger partial charge in [-0.25, -0.2) is 9.07 Å². The molecule has 138 valence electrons. The van der Waals surface area contributed by atoms with Crippen molar-refractivity contribution in [1.82, 2.24) is 9.78 Å². The molecule has 1 aliphatic rings. The molecule has 2 rings (SSSR count). The van der Waals surface area contributed by atoms with Crippen LogP contribution in [-0.4, -0.2) is 27.4 Å². The van der Waals surface area contributed by atoms with E-state index in [2.05, 4.69) is 25.9 Å². The summed E-state index contributed by atoms with van der Waals surface area (Å²) in [7, 11) is 0. The quantitative estimate of drug-likeness (QED) is 0.826. The number of nitrogens with zero attached hydrogens (tertiary/aromatic N) is 2. The maximum absolute atomic E-state index is 13.1. The van der Waals surface area contributed by atoms with E-state index >= 15 is 0 Å². The third kappa shape index (κ3) is 4.78. The van der Waals surface area contributed by atoms with Crippen LogP contribution >= 0.6 is 0 Å². The van der Waals surface area contributed by atoms with Gasteiger partial charge in [-0.3, -0.25) is 4.79 Å². The zero-order chi connectivity index (χ0) is 18.8. The highest BCUT2D eigenvalue weighted by atomic mass is 19.1. The first-order valence-corrected chi connectivity index (χ1v) is 8.60. The van der Waals surface area contributed by atoms with E-state index in [0.717, 1.165) is 11.9 Å². The number of carbonyl (C=O) groups excluding carboxylic acids is 1. The van der Waals surface area contributed by atoms with Crippen LogP contribution in [-0.2, 0) is 9.53 Å². The van der Waals surface area contributed by atoms with Crippen LogP contribution in [0, 0.1) is 17.2 Å². The van der Waals surface area contributed by atoms with Gasteiger partial charge in [0.1, 0.15) is 5.54 Å². The highest BCUT2D eigenvalue weighted by Gasteiger charge is 2.45. The lowest BCUT2D eigenvalue weighted by Gasteiger charge is -2.39. The number of esters is 1. The average Bonchev–Trinajstić information content (AvgIpc) is 2.91. The predicted molar refractivity (Wildman–Crippen MR) is 95.9 cm³/mol. The molecular weight excluding hydrogens is 321 g/mol. The SMILES string of the molecule is CC(C)OC(=O)[C@@](N)(CC(C)(C)C)C1C=CC(n2cc(F)cn2)=CC1. The minimum atomic E-state index is -1.11. The van der Waals surface area contributed by atoms with Crippen molar-refractivity contribution < 1.29 is 13.9 Å².